The van der Waals surface area contributed by atoms with E-state index in [9.17, 15) is 9.59 Å². The Morgan fingerprint density at radius 1 is 1.00 bits per heavy atom. The molecule has 3 aliphatic rings. The lowest BCUT2D eigenvalue weighted by Crippen LogP contribution is -2.45. The Morgan fingerprint density at radius 2 is 1.58 bits per heavy atom. The van der Waals surface area contributed by atoms with Crippen LogP contribution in [-0.2, 0) is 18.5 Å². The summed E-state index contributed by atoms with van der Waals surface area (Å²) >= 11 is 3.91. The fraction of sp³-hybridized carbons (Fsp3) is 0.737. The number of rotatable bonds is 5. The highest BCUT2D eigenvalue weighted by Crippen LogP contribution is 2.56. The molecule has 2 aromatic rings. The zero-order valence-electron chi connectivity index (χ0n) is 15.6. The summed E-state index contributed by atoms with van der Waals surface area (Å²) in [6.07, 6.45) is 8.27. The van der Waals surface area contributed by atoms with Crippen molar-refractivity contribution in [2.45, 2.75) is 88.0 Å². The summed E-state index contributed by atoms with van der Waals surface area (Å²) in [4.78, 5) is 34.0. The van der Waals surface area contributed by atoms with Crippen LogP contribution < -0.4 is 11.2 Å². The van der Waals surface area contributed by atoms with Crippen LogP contribution in [0, 0.1) is 0 Å². The molecule has 142 valence electrons. The van der Waals surface area contributed by atoms with Crippen molar-refractivity contribution >= 4 is 27.1 Å². The molecule has 1 N–H and O–H groups in total. The van der Waals surface area contributed by atoms with Gasteiger partial charge in [0, 0.05) is 22.8 Å². The van der Waals surface area contributed by atoms with E-state index >= 15 is 0 Å². The van der Waals surface area contributed by atoms with E-state index in [0.717, 1.165) is 57.2 Å². The first-order valence-corrected chi connectivity index (χ1v) is 10.6. The third-order valence-corrected chi connectivity index (χ3v) is 7.60. The first kappa shape index (κ1) is 18.0. The number of imidazole rings is 1. The van der Waals surface area contributed by atoms with Crippen LogP contribution in [0.5, 0.6) is 0 Å². The zero-order valence-corrected chi connectivity index (χ0v) is 17.2. The summed E-state index contributed by atoms with van der Waals surface area (Å²) < 4.78 is 3.35. The number of hydrogen-bond donors (Lipinski definition) is 1. The van der Waals surface area contributed by atoms with Crippen molar-refractivity contribution in [3.05, 3.63) is 26.7 Å². The largest absolute Gasteiger partial charge is 0.336 e. The van der Waals surface area contributed by atoms with Gasteiger partial charge in [-0.3, -0.25) is 13.9 Å². The maximum absolute atomic E-state index is 12.9. The minimum atomic E-state index is -0.228. The van der Waals surface area contributed by atoms with Gasteiger partial charge in [-0.25, -0.2) is 9.78 Å². The number of hydrogen-bond acceptors (Lipinski definition) is 3. The molecule has 3 aliphatic carbocycles. The van der Waals surface area contributed by atoms with E-state index in [0.29, 0.717) is 28.6 Å². The Hall–Kier alpha value is -1.37. The third-order valence-electron chi connectivity index (χ3n) is 6.41. The standard InChI is InChI=1S/C19H27BrN4O2/c1-3-11-23-14-13(15(25)24(12-4-2)17(23)26)21-16(22-14)18-5-8-19(20,9-6-18)10-7-18/h3-12H2,1-2H3,(H,21,22). The predicted octanol–water partition coefficient (Wildman–Crippen LogP) is 3.45. The maximum Gasteiger partial charge on any atom is 0.332 e. The number of alkyl halides is 1. The number of nitrogens with one attached hydrogen (secondary N) is 1. The second kappa shape index (κ2) is 6.36. The zero-order chi connectivity index (χ0) is 18.5. The van der Waals surface area contributed by atoms with Gasteiger partial charge < -0.3 is 4.98 Å². The molecule has 0 aromatic carbocycles. The number of aromatic amines is 1. The SMILES string of the molecule is CCCn1c(=O)c2[nH]c(C34CCC(Br)(CC3)CC4)nc2n(CCC)c1=O. The van der Waals surface area contributed by atoms with Crippen molar-refractivity contribution in [1.29, 1.82) is 0 Å². The fourth-order valence-corrected chi connectivity index (χ4v) is 5.35. The van der Waals surface area contributed by atoms with Crippen molar-refractivity contribution in [3.63, 3.8) is 0 Å². The van der Waals surface area contributed by atoms with Crippen LogP contribution in [0.25, 0.3) is 11.2 Å². The Labute approximate surface area is 161 Å². The van der Waals surface area contributed by atoms with Gasteiger partial charge in [-0.05, 0) is 51.4 Å². The van der Waals surface area contributed by atoms with E-state index in [4.69, 9.17) is 4.98 Å². The van der Waals surface area contributed by atoms with Gasteiger partial charge in [0.25, 0.3) is 5.56 Å². The molecule has 0 aliphatic heterocycles. The molecule has 0 radical (unpaired) electrons. The van der Waals surface area contributed by atoms with E-state index in [-0.39, 0.29) is 16.7 Å². The molecule has 0 saturated heterocycles. The quantitative estimate of drug-likeness (QED) is 0.749. The smallest absolute Gasteiger partial charge is 0.332 e. The highest BCUT2D eigenvalue weighted by Gasteiger charge is 2.49. The van der Waals surface area contributed by atoms with Crippen LogP contribution in [0.4, 0.5) is 0 Å². The highest BCUT2D eigenvalue weighted by atomic mass is 79.9. The van der Waals surface area contributed by atoms with Crippen molar-refractivity contribution in [3.8, 4) is 0 Å². The molecule has 2 aromatic heterocycles. The van der Waals surface area contributed by atoms with Crippen molar-refractivity contribution in [2.75, 3.05) is 0 Å². The topological polar surface area (TPSA) is 72.7 Å². The van der Waals surface area contributed by atoms with Crippen LogP contribution in [0.3, 0.4) is 0 Å². The van der Waals surface area contributed by atoms with Crippen LogP contribution in [0.2, 0.25) is 0 Å². The monoisotopic (exact) mass is 422 g/mol. The van der Waals surface area contributed by atoms with E-state index < -0.39 is 0 Å². The summed E-state index contributed by atoms with van der Waals surface area (Å²) in [5.74, 6) is 0.914. The summed E-state index contributed by atoms with van der Waals surface area (Å²) in [6.45, 7) is 5.05. The highest BCUT2D eigenvalue weighted by molar-refractivity contribution is 9.10. The molecular formula is C19H27BrN4O2. The third kappa shape index (κ3) is 2.62. The van der Waals surface area contributed by atoms with Gasteiger partial charge in [-0.2, -0.15) is 0 Å². The van der Waals surface area contributed by atoms with Gasteiger partial charge in [-0.15, -0.1) is 0 Å². The second-order valence-corrected chi connectivity index (χ2v) is 9.79. The van der Waals surface area contributed by atoms with E-state index in [1.165, 1.54) is 4.57 Å². The molecule has 5 rings (SSSR count). The summed E-state index contributed by atoms with van der Waals surface area (Å²) in [6, 6.07) is 0. The summed E-state index contributed by atoms with van der Waals surface area (Å²) in [7, 11) is 0. The minimum Gasteiger partial charge on any atom is -0.336 e. The van der Waals surface area contributed by atoms with Crippen LogP contribution in [-0.4, -0.2) is 23.4 Å². The predicted molar refractivity (Wildman–Crippen MR) is 106 cm³/mol. The fourth-order valence-electron chi connectivity index (χ4n) is 4.76. The molecule has 2 bridgehead atoms. The first-order chi connectivity index (χ1) is 12.4. The van der Waals surface area contributed by atoms with Crippen molar-refractivity contribution in [1.82, 2.24) is 19.1 Å². The molecule has 0 unspecified atom stereocenters. The molecule has 0 spiro atoms. The normalized spacial score (nSPS) is 28.1. The molecular weight excluding hydrogens is 396 g/mol. The Kier molecular flexibility index (Phi) is 4.40. The number of nitrogens with zero attached hydrogens (tertiary/aromatic N) is 3. The van der Waals surface area contributed by atoms with Gasteiger partial charge in [-0.1, -0.05) is 29.8 Å². The van der Waals surface area contributed by atoms with E-state index in [2.05, 4.69) is 20.9 Å². The van der Waals surface area contributed by atoms with Gasteiger partial charge in [0.05, 0.1) is 0 Å². The van der Waals surface area contributed by atoms with Gasteiger partial charge in [0.1, 0.15) is 11.3 Å². The maximum atomic E-state index is 12.9. The number of halogens is 1. The summed E-state index contributed by atoms with van der Waals surface area (Å²) in [5.41, 5.74) is 0.616. The van der Waals surface area contributed by atoms with E-state index in [1.54, 1.807) is 4.57 Å². The van der Waals surface area contributed by atoms with Gasteiger partial charge in [0.15, 0.2) is 5.65 Å². The Bertz CT molecular complexity index is 930. The van der Waals surface area contributed by atoms with Crippen LogP contribution >= 0.6 is 15.9 Å². The van der Waals surface area contributed by atoms with Crippen LogP contribution in [0.1, 0.15) is 71.0 Å². The second-order valence-electron chi connectivity index (χ2n) is 8.11. The molecule has 2 heterocycles. The number of H-pyrrole nitrogens is 1. The van der Waals surface area contributed by atoms with Crippen molar-refractivity contribution < 1.29 is 0 Å². The Balaban J connectivity index is 1.89. The lowest BCUT2D eigenvalue weighted by atomic mass is 9.60. The first-order valence-electron chi connectivity index (χ1n) is 9.86. The molecule has 3 saturated carbocycles. The average molecular weight is 423 g/mol. The van der Waals surface area contributed by atoms with Gasteiger partial charge in [0.2, 0.25) is 0 Å². The van der Waals surface area contributed by atoms with Gasteiger partial charge >= 0.3 is 5.69 Å². The average Bonchev–Trinajstić information content (AvgIpc) is 3.09. The lowest BCUT2D eigenvalue weighted by Gasteiger charge is -2.49. The molecule has 26 heavy (non-hydrogen) atoms. The Morgan fingerprint density at radius 3 is 2.15 bits per heavy atom. The minimum absolute atomic E-state index is 0.0314. The van der Waals surface area contributed by atoms with Crippen molar-refractivity contribution in [2.24, 2.45) is 0 Å². The molecule has 0 atom stereocenters. The van der Waals surface area contributed by atoms with E-state index in [1.807, 2.05) is 13.8 Å². The molecule has 7 heteroatoms. The summed E-state index contributed by atoms with van der Waals surface area (Å²) in [5, 5.41) is 0. The molecule has 0 amide bonds. The lowest BCUT2D eigenvalue weighted by molar-refractivity contribution is 0.155. The van der Waals surface area contributed by atoms with Crippen LogP contribution in [0.15, 0.2) is 9.59 Å². The number of aromatic nitrogens is 4. The molecule has 3 fully saturated rings. The number of aryl methyl sites for hydroxylation is 1. The number of fused-ring (bicyclic) bond motifs is 4. The molecule has 6 nitrogen and oxygen atoms in total.